The van der Waals surface area contributed by atoms with Crippen LogP contribution in [0.5, 0.6) is 5.75 Å². The minimum absolute atomic E-state index is 0.0486. The molecule has 0 spiro atoms. The van der Waals surface area contributed by atoms with Crippen molar-refractivity contribution < 1.29 is 19.1 Å². The number of para-hydroxylation sites is 1. The summed E-state index contributed by atoms with van der Waals surface area (Å²) in [6.45, 7) is 0. The van der Waals surface area contributed by atoms with E-state index in [0.29, 0.717) is 11.3 Å². The van der Waals surface area contributed by atoms with Gasteiger partial charge < -0.3 is 14.0 Å². The Balaban J connectivity index is 1.95. The minimum atomic E-state index is -0.652. The highest BCUT2D eigenvalue weighted by molar-refractivity contribution is 6.00. The number of rotatable bonds is 6. The number of carbonyl (C=O) groups excluding carboxylic acids is 2. The number of hydrogen-bond acceptors (Lipinski definition) is 4. The number of carbonyl (C=O) groups is 2. The average Bonchev–Trinajstić information content (AvgIpc) is 3.02. The Hall–Kier alpha value is -3.08. The second-order valence-electron chi connectivity index (χ2n) is 6.14. The fourth-order valence-corrected chi connectivity index (χ4v) is 3.19. The van der Waals surface area contributed by atoms with Crippen LogP contribution in [0, 0.1) is 0 Å². The molecule has 1 aromatic heterocycles. The molecular weight excluding hydrogens is 330 g/mol. The summed E-state index contributed by atoms with van der Waals surface area (Å²) in [4.78, 5) is 25.2. The highest BCUT2D eigenvalue weighted by Crippen LogP contribution is 2.31. The third-order valence-corrected chi connectivity index (χ3v) is 4.59. The third kappa shape index (κ3) is 3.33. The number of aromatic nitrogens is 1. The molecule has 26 heavy (non-hydrogen) atoms. The maximum absolute atomic E-state index is 12.7. The number of nitrogens with zero attached hydrogens (tertiary/aromatic N) is 1. The van der Waals surface area contributed by atoms with Crippen LogP contribution in [0.2, 0.25) is 0 Å². The molecule has 3 aromatic rings. The Kier molecular flexibility index (Phi) is 5.07. The van der Waals surface area contributed by atoms with Crippen LogP contribution in [0.3, 0.4) is 0 Å². The molecule has 1 atom stereocenters. The normalized spacial score (nSPS) is 12.0. The molecule has 0 aliphatic rings. The van der Waals surface area contributed by atoms with Gasteiger partial charge in [-0.3, -0.25) is 9.59 Å². The molecule has 0 amide bonds. The van der Waals surface area contributed by atoms with Crippen molar-refractivity contribution in [3.63, 3.8) is 0 Å². The number of ketones is 1. The van der Waals surface area contributed by atoms with Crippen LogP contribution in [0.4, 0.5) is 0 Å². The Morgan fingerprint density at radius 3 is 2.38 bits per heavy atom. The molecule has 5 nitrogen and oxygen atoms in total. The van der Waals surface area contributed by atoms with E-state index in [4.69, 9.17) is 9.47 Å². The van der Waals surface area contributed by atoms with Gasteiger partial charge in [0.25, 0.3) is 0 Å². The molecule has 0 saturated heterocycles. The summed E-state index contributed by atoms with van der Waals surface area (Å²) >= 11 is 0. The van der Waals surface area contributed by atoms with Crippen molar-refractivity contribution in [2.75, 3.05) is 14.2 Å². The Bertz CT molecular complexity index is 940. The molecule has 0 bridgehead atoms. The molecule has 5 heteroatoms. The van der Waals surface area contributed by atoms with Gasteiger partial charge in [-0.15, -0.1) is 0 Å². The molecule has 0 fully saturated rings. The second-order valence-corrected chi connectivity index (χ2v) is 6.14. The zero-order chi connectivity index (χ0) is 18.7. The van der Waals surface area contributed by atoms with Crippen molar-refractivity contribution in [1.29, 1.82) is 0 Å². The summed E-state index contributed by atoms with van der Waals surface area (Å²) in [6, 6.07) is 14.7. The van der Waals surface area contributed by atoms with E-state index in [2.05, 4.69) is 0 Å². The highest BCUT2D eigenvalue weighted by Gasteiger charge is 2.28. The number of Topliss-reactive ketones (excluding diaryl/α,β-unsaturated/α-hetero) is 1. The van der Waals surface area contributed by atoms with Crippen LogP contribution in [0.1, 0.15) is 28.3 Å². The predicted octanol–water partition coefficient (Wildman–Crippen LogP) is 3.72. The van der Waals surface area contributed by atoms with Crippen molar-refractivity contribution in [1.82, 2.24) is 4.57 Å². The lowest BCUT2D eigenvalue weighted by molar-refractivity contribution is -0.142. The van der Waals surface area contributed by atoms with E-state index >= 15 is 0 Å². The first kappa shape index (κ1) is 17.7. The molecule has 2 aromatic carbocycles. The quantitative estimate of drug-likeness (QED) is 0.502. The van der Waals surface area contributed by atoms with Gasteiger partial charge in [0.15, 0.2) is 5.78 Å². The maximum atomic E-state index is 12.7. The first-order chi connectivity index (χ1) is 12.5. The van der Waals surface area contributed by atoms with Gasteiger partial charge in [0.1, 0.15) is 5.75 Å². The standard InChI is InChI=1S/C21H21NO4/c1-22-13-18(16-6-4-5-7-19(16)22)17(21(24)26-3)12-20(23)14-8-10-15(25-2)11-9-14/h4-11,13,17H,12H2,1-3H3. The van der Waals surface area contributed by atoms with Crippen LogP contribution in [0.15, 0.2) is 54.7 Å². The Morgan fingerprint density at radius 2 is 1.73 bits per heavy atom. The van der Waals surface area contributed by atoms with E-state index in [1.165, 1.54) is 7.11 Å². The van der Waals surface area contributed by atoms with Crippen molar-refractivity contribution in [2.24, 2.45) is 7.05 Å². The van der Waals surface area contributed by atoms with Gasteiger partial charge in [-0.05, 0) is 35.9 Å². The van der Waals surface area contributed by atoms with Gasteiger partial charge >= 0.3 is 5.97 Å². The van der Waals surface area contributed by atoms with Crippen LogP contribution in [-0.4, -0.2) is 30.5 Å². The SMILES string of the molecule is COC(=O)C(CC(=O)c1ccc(OC)cc1)c1cn(C)c2ccccc12. The molecule has 3 rings (SSSR count). The second kappa shape index (κ2) is 7.44. The number of esters is 1. The molecule has 0 N–H and O–H groups in total. The van der Waals surface area contributed by atoms with Crippen LogP contribution >= 0.6 is 0 Å². The lowest BCUT2D eigenvalue weighted by atomic mass is 9.91. The summed E-state index contributed by atoms with van der Waals surface area (Å²) in [5.41, 5.74) is 2.35. The topological polar surface area (TPSA) is 57.5 Å². The number of hydrogen-bond donors (Lipinski definition) is 0. The van der Waals surface area contributed by atoms with Gasteiger partial charge in [-0.2, -0.15) is 0 Å². The first-order valence-corrected chi connectivity index (χ1v) is 8.34. The maximum Gasteiger partial charge on any atom is 0.313 e. The van der Waals surface area contributed by atoms with Crippen molar-refractivity contribution in [3.8, 4) is 5.75 Å². The molecule has 0 aliphatic heterocycles. The summed E-state index contributed by atoms with van der Waals surface area (Å²) in [5.74, 6) is -0.500. The lowest BCUT2D eigenvalue weighted by Gasteiger charge is -2.14. The monoisotopic (exact) mass is 351 g/mol. The molecule has 1 heterocycles. The molecule has 0 radical (unpaired) electrons. The molecule has 0 saturated carbocycles. The third-order valence-electron chi connectivity index (χ3n) is 4.59. The van der Waals surface area contributed by atoms with E-state index in [1.54, 1.807) is 31.4 Å². The number of benzene rings is 2. The summed E-state index contributed by atoms with van der Waals surface area (Å²) in [7, 11) is 4.84. The van der Waals surface area contributed by atoms with Crippen LogP contribution in [-0.2, 0) is 16.6 Å². The number of aryl methyl sites for hydroxylation is 1. The molecule has 0 aliphatic carbocycles. The summed E-state index contributed by atoms with van der Waals surface area (Å²) in [5, 5.41) is 0.952. The largest absolute Gasteiger partial charge is 0.497 e. The van der Waals surface area contributed by atoms with E-state index in [9.17, 15) is 9.59 Å². The van der Waals surface area contributed by atoms with Gasteiger partial charge in [0.05, 0.1) is 20.1 Å². The van der Waals surface area contributed by atoms with Crippen molar-refractivity contribution in [3.05, 3.63) is 65.9 Å². The number of fused-ring (bicyclic) bond motifs is 1. The van der Waals surface area contributed by atoms with Gasteiger partial charge in [-0.1, -0.05) is 18.2 Å². The molecule has 134 valence electrons. The van der Waals surface area contributed by atoms with Crippen molar-refractivity contribution >= 4 is 22.7 Å². The van der Waals surface area contributed by atoms with Crippen LogP contribution < -0.4 is 4.74 Å². The number of ether oxygens (including phenoxy) is 2. The van der Waals surface area contributed by atoms with E-state index < -0.39 is 11.9 Å². The smallest absolute Gasteiger partial charge is 0.313 e. The highest BCUT2D eigenvalue weighted by atomic mass is 16.5. The van der Waals surface area contributed by atoms with Crippen molar-refractivity contribution in [2.45, 2.75) is 12.3 Å². The summed E-state index contributed by atoms with van der Waals surface area (Å²) in [6.07, 6.45) is 1.95. The minimum Gasteiger partial charge on any atom is -0.497 e. The average molecular weight is 351 g/mol. The summed E-state index contributed by atoms with van der Waals surface area (Å²) < 4.78 is 12.1. The predicted molar refractivity (Wildman–Crippen MR) is 99.6 cm³/mol. The van der Waals surface area contributed by atoms with E-state index in [0.717, 1.165) is 16.5 Å². The van der Waals surface area contributed by atoms with Gasteiger partial charge in [0, 0.05) is 36.1 Å². The van der Waals surface area contributed by atoms with E-state index in [-0.39, 0.29) is 12.2 Å². The zero-order valence-corrected chi connectivity index (χ0v) is 15.1. The Labute approximate surface area is 152 Å². The zero-order valence-electron chi connectivity index (χ0n) is 15.1. The lowest BCUT2D eigenvalue weighted by Crippen LogP contribution is -2.18. The Morgan fingerprint density at radius 1 is 1.04 bits per heavy atom. The van der Waals surface area contributed by atoms with E-state index in [1.807, 2.05) is 42.1 Å². The first-order valence-electron chi connectivity index (χ1n) is 8.34. The van der Waals surface area contributed by atoms with Gasteiger partial charge in [0.2, 0.25) is 0 Å². The molecule has 1 unspecified atom stereocenters. The fraction of sp³-hybridized carbons (Fsp3) is 0.238. The van der Waals surface area contributed by atoms with Crippen LogP contribution in [0.25, 0.3) is 10.9 Å². The number of methoxy groups -OCH3 is 2. The molecular formula is C21H21NO4. The van der Waals surface area contributed by atoms with Gasteiger partial charge in [-0.25, -0.2) is 0 Å². The fourth-order valence-electron chi connectivity index (χ4n) is 3.19.